The first-order chi connectivity index (χ1) is 18.4. The number of hydrogen-bond donors (Lipinski definition) is 1. The third kappa shape index (κ3) is 3.91. The number of halogens is 2. The van der Waals surface area contributed by atoms with Crippen molar-refractivity contribution in [1.82, 2.24) is 14.6 Å². The Hall–Kier alpha value is -3.00. The van der Waals surface area contributed by atoms with Crippen LogP contribution in [0.1, 0.15) is 46.9 Å². The lowest BCUT2D eigenvalue weighted by Crippen LogP contribution is -2.47. The number of aromatic nitrogens is 2. The molecule has 4 aromatic rings. The molecule has 2 aromatic heterocycles. The lowest BCUT2D eigenvalue weighted by atomic mass is 10.0. The molecule has 2 aliphatic heterocycles. The van der Waals surface area contributed by atoms with Gasteiger partial charge in [-0.1, -0.05) is 34.4 Å². The zero-order valence-electron chi connectivity index (χ0n) is 21.0. The number of carboxylic acids is 1. The van der Waals surface area contributed by atoms with E-state index in [2.05, 4.69) is 27.1 Å². The molecule has 2 unspecified atom stereocenters. The molecule has 7 nitrogen and oxygen atoms in total. The molecule has 2 bridgehead atoms. The van der Waals surface area contributed by atoms with Gasteiger partial charge in [-0.2, -0.15) is 0 Å². The highest BCUT2D eigenvalue weighted by Crippen LogP contribution is 2.46. The molecule has 2 saturated heterocycles. The number of rotatable bonds is 7. The van der Waals surface area contributed by atoms with Crippen molar-refractivity contribution in [3.05, 3.63) is 69.5 Å². The fourth-order valence-electron chi connectivity index (χ4n) is 6.47. The van der Waals surface area contributed by atoms with Gasteiger partial charge < -0.3 is 19.1 Å². The van der Waals surface area contributed by atoms with E-state index >= 15 is 0 Å². The summed E-state index contributed by atoms with van der Waals surface area (Å²) < 4.78 is 7.77. The van der Waals surface area contributed by atoms with Crippen molar-refractivity contribution in [3.8, 4) is 11.3 Å². The monoisotopic (exact) mass is 550 g/mol. The van der Waals surface area contributed by atoms with E-state index in [0.29, 0.717) is 33.6 Å². The summed E-state index contributed by atoms with van der Waals surface area (Å²) in [4.78, 5) is 16.7. The number of likely N-dealkylation sites (tertiary alicyclic amines) is 1. The molecule has 3 aliphatic rings. The summed E-state index contributed by atoms with van der Waals surface area (Å²) in [7, 11) is 1.90. The van der Waals surface area contributed by atoms with Gasteiger partial charge in [0.1, 0.15) is 11.5 Å². The summed E-state index contributed by atoms with van der Waals surface area (Å²) in [6.07, 6.45) is 5.96. The Morgan fingerprint density at radius 1 is 1.13 bits per heavy atom. The minimum Gasteiger partial charge on any atom is -0.478 e. The number of hydrogen-bond acceptors (Lipinski definition) is 5. The first-order valence-corrected chi connectivity index (χ1v) is 13.9. The number of benzene rings is 2. The second-order valence-corrected chi connectivity index (χ2v) is 11.7. The molecule has 7 rings (SSSR count). The third-order valence-corrected chi connectivity index (χ3v) is 9.14. The first kappa shape index (κ1) is 24.1. The maximum atomic E-state index is 11.6. The maximum absolute atomic E-state index is 11.6. The highest BCUT2D eigenvalue weighted by atomic mass is 35.5. The van der Waals surface area contributed by atoms with Gasteiger partial charge in [0.15, 0.2) is 0 Å². The smallest absolute Gasteiger partial charge is 0.337 e. The molecule has 1 N–H and O–H groups in total. The Kier molecular flexibility index (Phi) is 5.73. The molecule has 38 heavy (non-hydrogen) atoms. The van der Waals surface area contributed by atoms with Gasteiger partial charge in [-0.25, -0.2) is 4.79 Å². The second-order valence-electron chi connectivity index (χ2n) is 10.8. The predicted molar refractivity (Wildman–Crippen MR) is 149 cm³/mol. The number of piperazine rings is 1. The highest BCUT2D eigenvalue weighted by molar-refractivity contribution is 6.39. The number of anilines is 1. The van der Waals surface area contributed by atoms with Gasteiger partial charge in [0.05, 0.1) is 21.1 Å². The van der Waals surface area contributed by atoms with Gasteiger partial charge in [0.25, 0.3) is 0 Å². The predicted octanol–water partition coefficient (Wildman–Crippen LogP) is 6.22. The standard InChI is InChI=1S/C29H28Cl2N4O3/c1-33-15-22(29(36)37)20-8-7-17(12-25(20)33)35-14-18-11-19(35)13-34(18)10-9-21-27(32-38-28(21)16-5-6-16)26-23(30)3-2-4-24(26)31/h2-4,7-8,12,15-16,18-19H,5-6,9-11,13-14H2,1H3,(H,36,37). The Labute approximate surface area is 230 Å². The molecule has 3 fully saturated rings. The summed E-state index contributed by atoms with van der Waals surface area (Å²) in [5.74, 6) is 0.558. The molecular weight excluding hydrogens is 523 g/mol. The molecule has 196 valence electrons. The second kappa shape index (κ2) is 9.04. The van der Waals surface area contributed by atoms with E-state index in [9.17, 15) is 9.90 Å². The van der Waals surface area contributed by atoms with Crippen LogP contribution in [0.2, 0.25) is 10.0 Å². The van der Waals surface area contributed by atoms with Gasteiger partial charge in [-0.05, 0) is 56.0 Å². The van der Waals surface area contributed by atoms with Crippen molar-refractivity contribution in [2.75, 3.05) is 24.5 Å². The Balaban J connectivity index is 1.09. The molecule has 2 atom stereocenters. The van der Waals surface area contributed by atoms with Crippen molar-refractivity contribution in [1.29, 1.82) is 0 Å². The average molecular weight is 551 g/mol. The minimum absolute atomic E-state index is 0.347. The molecule has 2 aromatic carbocycles. The summed E-state index contributed by atoms with van der Waals surface area (Å²) in [6.45, 7) is 2.90. The van der Waals surface area contributed by atoms with Crippen molar-refractivity contribution in [2.45, 2.75) is 43.7 Å². The lowest BCUT2D eigenvalue weighted by molar-refractivity contribution is 0.0699. The normalized spacial score (nSPS) is 21.2. The zero-order chi connectivity index (χ0) is 26.1. The number of carboxylic acid groups (broad SMARTS) is 1. The van der Waals surface area contributed by atoms with Crippen molar-refractivity contribution >= 4 is 45.8 Å². The van der Waals surface area contributed by atoms with Gasteiger partial charge in [0.2, 0.25) is 0 Å². The Morgan fingerprint density at radius 3 is 2.61 bits per heavy atom. The van der Waals surface area contributed by atoms with Crippen LogP contribution in [0.3, 0.4) is 0 Å². The molecule has 0 amide bonds. The summed E-state index contributed by atoms with van der Waals surface area (Å²) in [5, 5.41) is 15.9. The molecule has 1 saturated carbocycles. The topological polar surface area (TPSA) is 74.7 Å². The molecule has 1 aliphatic carbocycles. The van der Waals surface area contributed by atoms with Crippen LogP contribution in [-0.2, 0) is 13.5 Å². The largest absolute Gasteiger partial charge is 0.478 e. The fraction of sp³-hybridized carbons (Fsp3) is 0.379. The lowest BCUT2D eigenvalue weighted by Gasteiger charge is -2.35. The molecular formula is C29H28Cl2N4O3. The summed E-state index contributed by atoms with van der Waals surface area (Å²) in [6, 6.07) is 12.6. The van der Waals surface area contributed by atoms with Crippen molar-refractivity contribution < 1.29 is 14.4 Å². The van der Waals surface area contributed by atoms with E-state index < -0.39 is 5.97 Å². The van der Waals surface area contributed by atoms with E-state index in [1.807, 2.05) is 35.9 Å². The van der Waals surface area contributed by atoms with Crippen molar-refractivity contribution in [3.63, 3.8) is 0 Å². The third-order valence-electron chi connectivity index (χ3n) is 8.51. The quantitative estimate of drug-likeness (QED) is 0.294. The molecule has 0 spiro atoms. The van der Waals surface area contributed by atoms with Crippen LogP contribution < -0.4 is 4.90 Å². The Morgan fingerprint density at radius 2 is 1.92 bits per heavy atom. The molecule has 4 heterocycles. The molecule has 9 heteroatoms. The van der Waals surface area contributed by atoms with Gasteiger partial charge in [0, 0.05) is 73.1 Å². The van der Waals surface area contributed by atoms with E-state index in [1.54, 1.807) is 6.20 Å². The molecule has 0 radical (unpaired) electrons. The maximum Gasteiger partial charge on any atom is 0.337 e. The van der Waals surface area contributed by atoms with Crippen LogP contribution in [-0.4, -0.2) is 57.4 Å². The average Bonchev–Trinajstić information content (AvgIpc) is 3.21. The SMILES string of the molecule is Cn1cc(C(=O)O)c2ccc(N3CC4CC3CN4CCc3c(-c4c(Cl)cccc4Cl)noc3C3CC3)cc21. The van der Waals surface area contributed by atoms with Crippen LogP contribution in [0.25, 0.3) is 22.2 Å². The first-order valence-electron chi connectivity index (χ1n) is 13.1. The number of aromatic carboxylic acids is 1. The van der Waals surface area contributed by atoms with Crippen LogP contribution in [0.4, 0.5) is 5.69 Å². The number of carbonyl (C=O) groups is 1. The van der Waals surface area contributed by atoms with Crippen LogP contribution in [0.15, 0.2) is 47.1 Å². The Bertz CT molecular complexity index is 1550. The zero-order valence-corrected chi connectivity index (χ0v) is 22.5. The highest BCUT2D eigenvalue weighted by Gasteiger charge is 2.43. The number of nitrogens with zero attached hydrogens (tertiary/aromatic N) is 4. The number of fused-ring (bicyclic) bond motifs is 3. The summed E-state index contributed by atoms with van der Waals surface area (Å²) in [5.41, 5.74) is 5.15. The minimum atomic E-state index is -0.892. The van der Waals surface area contributed by atoms with Gasteiger partial charge in [-0.15, -0.1) is 0 Å². The van der Waals surface area contributed by atoms with E-state index in [0.717, 1.165) is 84.5 Å². The van der Waals surface area contributed by atoms with Crippen molar-refractivity contribution in [2.24, 2.45) is 7.05 Å². The van der Waals surface area contributed by atoms with Crippen LogP contribution in [0.5, 0.6) is 0 Å². The van der Waals surface area contributed by atoms with Crippen LogP contribution >= 0.6 is 23.2 Å². The summed E-state index contributed by atoms with van der Waals surface area (Å²) >= 11 is 13.1. The number of aryl methyl sites for hydroxylation is 1. The van der Waals surface area contributed by atoms with E-state index in [-0.39, 0.29) is 0 Å². The fourth-order valence-corrected chi connectivity index (χ4v) is 7.04. The van der Waals surface area contributed by atoms with E-state index in [4.69, 9.17) is 27.7 Å². The van der Waals surface area contributed by atoms with E-state index in [1.165, 1.54) is 0 Å². The van der Waals surface area contributed by atoms with Gasteiger partial charge >= 0.3 is 5.97 Å². The van der Waals surface area contributed by atoms with Crippen LogP contribution in [0, 0.1) is 0 Å². The van der Waals surface area contributed by atoms with Gasteiger partial charge in [-0.3, -0.25) is 4.90 Å².